The van der Waals surface area contributed by atoms with Crippen LogP contribution in [0.15, 0.2) is 27.5 Å². The lowest BCUT2D eigenvalue weighted by Gasteiger charge is -2.07. The summed E-state index contributed by atoms with van der Waals surface area (Å²) in [4.78, 5) is 17.7. The van der Waals surface area contributed by atoms with Crippen LogP contribution in [0.5, 0.6) is 0 Å². The SMILES string of the molecule is CCNc1cc(Sc2nc(C)cc(C)n2)nc(SC)n1. The van der Waals surface area contributed by atoms with Crippen LogP contribution in [-0.4, -0.2) is 32.7 Å². The Labute approximate surface area is 127 Å². The third kappa shape index (κ3) is 4.08. The predicted octanol–water partition coefficient (Wildman–Crippen LogP) is 3.19. The summed E-state index contributed by atoms with van der Waals surface area (Å²) < 4.78 is 0. The number of anilines is 1. The molecule has 5 nitrogen and oxygen atoms in total. The van der Waals surface area contributed by atoms with E-state index in [1.54, 1.807) is 0 Å². The van der Waals surface area contributed by atoms with Crippen LogP contribution in [0.4, 0.5) is 5.82 Å². The zero-order valence-corrected chi connectivity index (χ0v) is 13.6. The lowest BCUT2D eigenvalue weighted by atomic mass is 10.4. The van der Waals surface area contributed by atoms with Crippen molar-refractivity contribution in [1.29, 1.82) is 0 Å². The van der Waals surface area contributed by atoms with Crippen molar-refractivity contribution < 1.29 is 0 Å². The molecule has 2 heterocycles. The summed E-state index contributed by atoms with van der Waals surface area (Å²) in [6.45, 7) is 6.81. The van der Waals surface area contributed by atoms with Gasteiger partial charge in [-0.15, -0.1) is 0 Å². The first-order valence-electron chi connectivity index (χ1n) is 6.27. The first-order chi connectivity index (χ1) is 9.60. The van der Waals surface area contributed by atoms with Crippen molar-refractivity contribution in [2.75, 3.05) is 18.1 Å². The van der Waals surface area contributed by atoms with Crippen LogP contribution in [0, 0.1) is 13.8 Å². The molecule has 0 amide bonds. The molecule has 0 bridgehead atoms. The van der Waals surface area contributed by atoms with E-state index in [1.807, 2.05) is 39.2 Å². The van der Waals surface area contributed by atoms with E-state index >= 15 is 0 Å². The van der Waals surface area contributed by atoms with Crippen LogP contribution in [0.25, 0.3) is 0 Å². The van der Waals surface area contributed by atoms with Gasteiger partial charge in [0.25, 0.3) is 0 Å². The highest BCUT2D eigenvalue weighted by atomic mass is 32.2. The van der Waals surface area contributed by atoms with Gasteiger partial charge in [-0.3, -0.25) is 0 Å². The van der Waals surface area contributed by atoms with Crippen molar-refractivity contribution in [2.45, 2.75) is 36.1 Å². The molecule has 0 aliphatic carbocycles. The Balaban J connectivity index is 2.29. The lowest BCUT2D eigenvalue weighted by molar-refractivity contribution is 0.871. The van der Waals surface area contributed by atoms with E-state index < -0.39 is 0 Å². The number of nitrogens with one attached hydrogen (secondary N) is 1. The van der Waals surface area contributed by atoms with Crippen molar-refractivity contribution >= 4 is 29.3 Å². The van der Waals surface area contributed by atoms with Crippen LogP contribution >= 0.6 is 23.5 Å². The van der Waals surface area contributed by atoms with E-state index in [1.165, 1.54) is 23.5 Å². The molecule has 106 valence electrons. The molecule has 2 aromatic rings. The number of nitrogens with zero attached hydrogens (tertiary/aromatic N) is 4. The fourth-order valence-electron chi connectivity index (χ4n) is 1.65. The zero-order chi connectivity index (χ0) is 14.5. The lowest BCUT2D eigenvalue weighted by Crippen LogP contribution is -2.02. The third-order valence-corrected chi connectivity index (χ3v) is 3.71. The van der Waals surface area contributed by atoms with E-state index in [0.717, 1.165) is 39.1 Å². The molecule has 2 aromatic heterocycles. The maximum Gasteiger partial charge on any atom is 0.194 e. The minimum atomic E-state index is 0.718. The maximum absolute atomic E-state index is 4.48. The molecule has 0 fully saturated rings. The summed E-state index contributed by atoms with van der Waals surface area (Å²) in [7, 11) is 0. The van der Waals surface area contributed by atoms with E-state index in [9.17, 15) is 0 Å². The second kappa shape index (κ2) is 6.90. The Kier molecular flexibility index (Phi) is 5.19. The number of aryl methyl sites for hydroxylation is 2. The predicted molar refractivity (Wildman–Crippen MR) is 83.6 cm³/mol. The summed E-state index contributed by atoms with van der Waals surface area (Å²) in [5.74, 6) is 0.832. The van der Waals surface area contributed by atoms with Gasteiger partial charge in [-0.05, 0) is 44.9 Å². The molecular formula is C13H17N5S2. The van der Waals surface area contributed by atoms with E-state index in [-0.39, 0.29) is 0 Å². The molecule has 7 heteroatoms. The van der Waals surface area contributed by atoms with Crippen LogP contribution in [0.2, 0.25) is 0 Å². The Morgan fingerprint density at radius 2 is 1.70 bits per heavy atom. The minimum absolute atomic E-state index is 0.718. The summed E-state index contributed by atoms with van der Waals surface area (Å²) in [5.41, 5.74) is 1.93. The van der Waals surface area contributed by atoms with Gasteiger partial charge in [0.2, 0.25) is 0 Å². The largest absolute Gasteiger partial charge is 0.370 e. The monoisotopic (exact) mass is 307 g/mol. The van der Waals surface area contributed by atoms with Gasteiger partial charge in [0, 0.05) is 24.0 Å². The number of aromatic nitrogens is 4. The van der Waals surface area contributed by atoms with Crippen molar-refractivity contribution in [3.63, 3.8) is 0 Å². The Hall–Kier alpha value is -1.34. The summed E-state index contributed by atoms with van der Waals surface area (Å²) >= 11 is 2.98. The van der Waals surface area contributed by atoms with Crippen molar-refractivity contribution in [2.24, 2.45) is 0 Å². The smallest absolute Gasteiger partial charge is 0.194 e. The summed E-state index contributed by atoms with van der Waals surface area (Å²) in [5, 5.41) is 5.53. The molecule has 20 heavy (non-hydrogen) atoms. The van der Waals surface area contributed by atoms with Gasteiger partial charge in [-0.25, -0.2) is 19.9 Å². The number of thioether (sulfide) groups is 1. The van der Waals surface area contributed by atoms with Crippen LogP contribution in [-0.2, 0) is 0 Å². The quantitative estimate of drug-likeness (QED) is 0.517. The van der Waals surface area contributed by atoms with Gasteiger partial charge >= 0.3 is 0 Å². The first-order valence-corrected chi connectivity index (χ1v) is 8.32. The molecule has 0 unspecified atom stereocenters. The molecule has 0 radical (unpaired) electrons. The normalized spacial score (nSPS) is 10.6. The fourth-order valence-corrected chi connectivity index (χ4v) is 2.96. The number of hydrogen-bond donors (Lipinski definition) is 1. The van der Waals surface area contributed by atoms with E-state index in [4.69, 9.17) is 0 Å². The van der Waals surface area contributed by atoms with Crippen molar-refractivity contribution in [3.8, 4) is 0 Å². The zero-order valence-electron chi connectivity index (χ0n) is 12.0. The molecule has 0 saturated heterocycles. The molecule has 2 rings (SSSR count). The number of hydrogen-bond acceptors (Lipinski definition) is 7. The van der Waals surface area contributed by atoms with Gasteiger partial charge in [0.15, 0.2) is 10.3 Å². The van der Waals surface area contributed by atoms with E-state index in [2.05, 4.69) is 25.3 Å². The summed E-state index contributed by atoms with van der Waals surface area (Å²) in [6.07, 6.45) is 1.97. The Morgan fingerprint density at radius 3 is 2.30 bits per heavy atom. The van der Waals surface area contributed by atoms with Gasteiger partial charge in [-0.2, -0.15) is 0 Å². The highest BCUT2D eigenvalue weighted by molar-refractivity contribution is 7.99. The minimum Gasteiger partial charge on any atom is -0.370 e. The fraction of sp³-hybridized carbons (Fsp3) is 0.385. The molecule has 0 saturated carbocycles. The van der Waals surface area contributed by atoms with Gasteiger partial charge in [-0.1, -0.05) is 11.8 Å². The summed E-state index contributed by atoms with van der Waals surface area (Å²) in [6, 6.07) is 3.89. The highest BCUT2D eigenvalue weighted by Crippen LogP contribution is 2.26. The number of rotatable bonds is 5. The molecular weight excluding hydrogens is 290 g/mol. The van der Waals surface area contributed by atoms with Gasteiger partial charge in [0.05, 0.1) is 0 Å². The third-order valence-electron chi connectivity index (χ3n) is 2.38. The van der Waals surface area contributed by atoms with Gasteiger partial charge in [0.1, 0.15) is 10.8 Å². The standard InChI is InChI=1S/C13H17N5S2/c1-5-14-10-7-11(18-12(17-10)19-4)20-13-15-8(2)6-9(3)16-13/h6-7H,5H2,1-4H3,(H,14,17,18). The van der Waals surface area contributed by atoms with Crippen LogP contribution in [0.3, 0.4) is 0 Å². The molecule has 0 aliphatic rings. The first kappa shape index (κ1) is 15.1. The average Bonchev–Trinajstić information content (AvgIpc) is 2.37. The molecule has 1 N–H and O–H groups in total. The molecule has 0 aromatic carbocycles. The second-order valence-electron chi connectivity index (χ2n) is 4.14. The van der Waals surface area contributed by atoms with Gasteiger partial charge < -0.3 is 5.32 Å². The Morgan fingerprint density at radius 1 is 1.00 bits per heavy atom. The van der Waals surface area contributed by atoms with Crippen LogP contribution in [0.1, 0.15) is 18.3 Å². The molecule has 0 atom stereocenters. The van der Waals surface area contributed by atoms with Crippen LogP contribution < -0.4 is 5.32 Å². The second-order valence-corrected chi connectivity index (χ2v) is 5.90. The molecule has 0 spiro atoms. The highest BCUT2D eigenvalue weighted by Gasteiger charge is 2.08. The van der Waals surface area contributed by atoms with Crippen molar-refractivity contribution in [3.05, 3.63) is 23.5 Å². The van der Waals surface area contributed by atoms with Crippen molar-refractivity contribution in [1.82, 2.24) is 19.9 Å². The molecule has 0 aliphatic heterocycles. The maximum atomic E-state index is 4.48. The average molecular weight is 307 g/mol. The Bertz CT molecular complexity index is 583. The topological polar surface area (TPSA) is 63.6 Å². The van der Waals surface area contributed by atoms with E-state index in [0.29, 0.717) is 0 Å².